The summed E-state index contributed by atoms with van der Waals surface area (Å²) in [7, 11) is 0. The third-order valence-corrected chi connectivity index (χ3v) is 3.49. The molecular formula is C9H7NO2S2. The van der Waals surface area contributed by atoms with Crippen molar-refractivity contribution in [2.24, 2.45) is 0 Å². The summed E-state index contributed by atoms with van der Waals surface area (Å²) in [6, 6.07) is 3.93. The Kier molecular flexibility index (Phi) is 2.60. The fourth-order valence-electron chi connectivity index (χ4n) is 1.15. The number of carboxylic acid groups (broad SMARTS) is 1. The second-order valence-electron chi connectivity index (χ2n) is 2.69. The van der Waals surface area contributed by atoms with E-state index in [1.807, 2.05) is 17.5 Å². The molecule has 0 bridgehead atoms. The highest BCUT2D eigenvalue weighted by Gasteiger charge is 2.13. The molecule has 0 spiro atoms. The molecule has 0 aromatic carbocycles. The van der Waals surface area contributed by atoms with Crippen LogP contribution in [0.4, 0.5) is 0 Å². The average Bonchev–Trinajstić information content (AvgIpc) is 2.75. The molecule has 2 rings (SSSR count). The first kappa shape index (κ1) is 9.36. The number of thiazole rings is 1. The lowest BCUT2D eigenvalue weighted by atomic mass is 10.2. The van der Waals surface area contributed by atoms with Crippen LogP contribution >= 0.6 is 22.7 Å². The number of aromatic nitrogens is 1. The van der Waals surface area contributed by atoms with Crippen LogP contribution in [-0.4, -0.2) is 16.1 Å². The van der Waals surface area contributed by atoms with E-state index < -0.39 is 5.97 Å². The SMILES string of the molecule is O=C(O)c1scnc1Cc1cccs1. The van der Waals surface area contributed by atoms with E-state index in [1.54, 1.807) is 16.8 Å². The van der Waals surface area contributed by atoms with Crippen LogP contribution in [0, 0.1) is 0 Å². The highest BCUT2D eigenvalue weighted by molar-refractivity contribution is 7.12. The van der Waals surface area contributed by atoms with Gasteiger partial charge in [-0.15, -0.1) is 22.7 Å². The molecule has 2 heterocycles. The largest absolute Gasteiger partial charge is 0.477 e. The number of rotatable bonds is 3. The Hall–Kier alpha value is -1.20. The maximum Gasteiger partial charge on any atom is 0.347 e. The lowest BCUT2D eigenvalue weighted by molar-refractivity contribution is 0.0701. The number of nitrogens with zero attached hydrogens (tertiary/aromatic N) is 1. The standard InChI is InChI=1S/C9H7NO2S2/c11-9(12)8-7(10-5-14-8)4-6-2-1-3-13-6/h1-3,5H,4H2,(H,11,12). The lowest BCUT2D eigenvalue weighted by Crippen LogP contribution is -1.98. The summed E-state index contributed by atoms with van der Waals surface area (Å²) in [4.78, 5) is 16.3. The van der Waals surface area contributed by atoms with Crippen molar-refractivity contribution in [1.29, 1.82) is 0 Å². The van der Waals surface area contributed by atoms with Crippen molar-refractivity contribution in [2.45, 2.75) is 6.42 Å². The predicted molar refractivity (Wildman–Crippen MR) is 56.2 cm³/mol. The summed E-state index contributed by atoms with van der Waals surface area (Å²) in [5.41, 5.74) is 2.23. The van der Waals surface area contributed by atoms with Crippen LogP contribution in [0.3, 0.4) is 0 Å². The van der Waals surface area contributed by atoms with Gasteiger partial charge in [-0.25, -0.2) is 9.78 Å². The molecule has 0 radical (unpaired) electrons. The van der Waals surface area contributed by atoms with Gasteiger partial charge in [0.2, 0.25) is 0 Å². The molecule has 72 valence electrons. The molecule has 5 heteroatoms. The average molecular weight is 225 g/mol. The molecule has 0 unspecified atom stereocenters. The van der Waals surface area contributed by atoms with Gasteiger partial charge in [-0.05, 0) is 11.4 Å². The minimum atomic E-state index is -0.890. The molecule has 0 aliphatic heterocycles. The third kappa shape index (κ3) is 1.83. The van der Waals surface area contributed by atoms with Gasteiger partial charge < -0.3 is 5.11 Å². The maximum atomic E-state index is 10.8. The molecule has 2 aromatic heterocycles. The minimum absolute atomic E-state index is 0.346. The summed E-state index contributed by atoms with van der Waals surface area (Å²) >= 11 is 2.79. The summed E-state index contributed by atoms with van der Waals surface area (Å²) in [5, 5.41) is 10.8. The first-order valence-electron chi connectivity index (χ1n) is 3.95. The van der Waals surface area contributed by atoms with E-state index >= 15 is 0 Å². The van der Waals surface area contributed by atoms with Crippen molar-refractivity contribution in [2.75, 3.05) is 0 Å². The van der Waals surface area contributed by atoms with Crippen molar-refractivity contribution in [3.05, 3.63) is 38.5 Å². The van der Waals surface area contributed by atoms with Crippen LogP contribution in [0.1, 0.15) is 20.2 Å². The first-order chi connectivity index (χ1) is 6.77. The molecule has 3 nitrogen and oxygen atoms in total. The van der Waals surface area contributed by atoms with Crippen LogP contribution in [0.15, 0.2) is 23.0 Å². The van der Waals surface area contributed by atoms with Gasteiger partial charge in [0.1, 0.15) is 4.88 Å². The summed E-state index contributed by atoms with van der Waals surface area (Å²) in [6.07, 6.45) is 0.614. The Bertz CT molecular complexity index is 433. The first-order valence-corrected chi connectivity index (χ1v) is 5.71. The number of aromatic carboxylic acids is 1. The Labute approximate surface area is 88.7 Å². The van der Waals surface area contributed by atoms with Crippen molar-refractivity contribution >= 4 is 28.6 Å². The van der Waals surface area contributed by atoms with Crippen LogP contribution in [0.5, 0.6) is 0 Å². The molecule has 2 aromatic rings. The molecule has 0 aliphatic rings. The molecule has 0 amide bonds. The number of thiophene rings is 1. The highest BCUT2D eigenvalue weighted by atomic mass is 32.1. The van der Waals surface area contributed by atoms with Gasteiger partial charge in [0.15, 0.2) is 0 Å². The lowest BCUT2D eigenvalue weighted by Gasteiger charge is -1.94. The van der Waals surface area contributed by atoms with Gasteiger partial charge in [-0.3, -0.25) is 0 Å². The molecule has 0 fully saturated rings. The summed E-state index contributed by atoms with van der Waals surface area (Å²) in [5.74, 6) is -0.890. The quantitative estimate of drug-likeness (QED) is 0.873. The van der Waals surface area contributed by atoms with E-state index in [1.165, 1.54) is 11.3 Å². The van der Waals surface area contributed by atoms with Crippen LogP contribution in [0.2, 0.25) is 0 Å². The monoisotopic (exact) mass is 225 g/mol. The second-order valence-corrected chi connectivity index (χ2v) is 4.58. The normalized spacial score (nSPS) is 10.3. The highest BCUT2D eigenvalue weighted by Crippen LogP contribution is 2.19. The zero-order valence-electron chi connectivity index (χ0n) is 7.14. The van der Waals surface area contributed by atoms with E-state index in [-0.39, 0.29) is 0 Å². The van der Waals surface area contributed by atoms with Gasteiger partial charge in [-0.1, -0.05) is 6.07 Å². The predicted octanol–water partition coefficient (Wildman–Crippen LogP) is 2.49. The minimum Gasteiger partial charge on any atom is -0.477 e. The zero-order valence-corrected chi connectivity index (χ0v) is 8.77. The number of carbonyl (C=O) groups is 1. The Morgan fingerprint density at radius 2 is 2.36 bits per heavy atom. The van der Waals surface area contributed by atoms with Crippen molar-refractivity contribution in [1.82, 2.24) is 4.98 Å². The Morgan fingerprint density at radius 1 is 1.50 bits per heavy atom. The molecule has 0 saturated carbocycles. The van der Waals surface area contributed by atoms with E-state index in [9.17, 15) is 4.79 Å². The molecular weight excluding hydrogens is 218 g/mol. The van der Waals surface area contributed by atoms with E-state index in [4.69, 9.17) is 5.11 Å². The fourth-order valence-corrected chi connectivity index (χ4v) is 2.50. The molecule has 0 saturated heterocycles. The fraction of sp³-hybridized carbons (Fsp3) is 0.111. The molecule has 0 atom stereocenters. The maximum absolute atomic E-state index is 10.8. The Morgan fingerprint density at radius 3 is 3.00 bits per heavy atom. The second kappa shape index (κ2) is 3.89. The number of hydrogen-bond acceptors (Lipinski definition) is 4. The van der Waals surface area contributed by atoms with Crippen LogP contribution < -0.4 is 0 Å². The van der Waals surface area contributed by atoms with Crippen LogP contribution in [-0.2, 0) is 6.42 Å². The summed E-state index contributed by atoms with van der Waals surface area (Å²) < 4.78 is 0. The van der Waals surface area contributed by atoms with E-state index in [2.05, 4.69) is 4.98 Å². The van der Waals surface area contributed by atoms with E-state index in [0.29, 0.717) is 17.0 Å². The van der Waals surface area contributed by atoms with Gasteiger partial charge in [0, 0.05) is 11.3 Å². The summed E-state index contributed by atoms with van der Waals surface area (Å²) in [6.45, 7) is 0. The molecule has 14 heavy (non-hydrogen) atoms. The van der Waals surface area contributed by atoms with Gasteiger partial charge in [0.05, 0.1) is 11.2 Å². The van der Waals surface area contributed by atoms with Gasteiger partial charge in [0.25, 0.3) is 0 Å². The number of hydrogen-bond donors (Lipinski definition) is 1. The topological polar surface area (TPSA) is 50.2 Å². The molecule has 1 N–H and O–H groups in total. The van der Waals surface area contributed by atoms with Crippen molar-refractivity contribution < 1.29 is 9.90 Å². The van der Waals surface area contributed by atoms with Crippen molar-refractivity contribution in [3.63, 3.8) is 0 Å². The number of carboxylic acids is 1. The molecule has 0 aliphatic carbocycles. The van der Waals surface area contributed by atoms with Gasteiger partial charge in [-0.2, -0.15) is 0 Å². The van der Waals surface area contributed by atoms with Crippen molar-refractivity contribution in [3.8, 4) is 0 Å². The van der Waals surface area contributed by atoms with E-state index in [0.717, 1.165) is 4.88 Å². The van der Waals surface area contributed by atoms with Crippen LogP contribution in [0.25, 0.3) is 0 Å². The Balaban J connectivity index is 2.25. The smallest absolute Gasteiger partial charge is 0.347 e. The third-order valence-electron chi connectivity index (χ3n) is 1.76. The zero-order chi connectivity index (χ0) is 9.97. The van der Waals surface area contributed by atoms with Gasteiger partial charge >= 0.3 is 5.97 Å².